The summed E-state index contributed by atoms with van der Waals surface area (Å²) in [5.41, 5.74) is 3.10. The highest BCUT2D eigenvalue weighted by atomic mass is 79.9. The van der Waals surface area contributed by atoms with Crippen LogP contribution in [0.5, 0.6) is 0 Å². The molecule has 0 saturated heterocycles. The van der Waals surface area contributed by atoms with E-state index in [1.807, 2.05) is 31.2 Å². The van der Waals surface area contributed by atoms with E-state index in [1.54, 1.807) is 28.9 Å². The zero-order chi connectivity index (χ0) is 30.7. The number of halogens is 3. The molecule has 2 bridgehead atoms. The second-order valence-electron chi connectivity index (χ2n) is 10.4. The predicted octanol–water partition coefficient (Wildman–Crippen LogP) is 7.42. The molecule has 1 aliphatic rings. The number of amides is 2. The van der Waals surface area contributed by atoms with E-state index in [4.69, 9.17) is 21.4 Å². The van der Waals surface area contributed by atoms with Gasteiger partial charge in [-0.25, -0.2) is 13.9 Å². The van der Waals surface area contributed by atoms with Crippen molar-refractivity contribution in [1.29, 1.82) is 0 Å². The fourth-order valence-corrected chi connectivity index (χ4v) is 5.90. The third kappa shape index (κ3) is 6.58. The minimum atomic E-state index is -0.743. The second-order valence-corrected chi connectivity index (χ2v) is 11.6. The van der Waals surface area contributed by atoms with Crippen molar-refractivity contribution in [3.8, 4) is 5.69 Å². The molecular weight excluding hydrogens is 641 g/mol. The second kappa shape index (κ2) is 13.2. The Kier molecular flexibility index (Phi) is 9.43. The third-order valence-corrected chi connectivity index (χ3v) is 8.46. The van der Waals surface area contributed by atoms with Gasteiger partial charge in [0.1, 0.15) is 0 Å². The van der Waals surface area contributed by atoms with Crippen LogP contribution in [-0.4, -0.2) is 41.2 Å². The lowest BCUT2D eigenvalue weighted by Crippen LogP contribution is -2.27. The molecular formula is C31H30BrClFN5O4. The maximum Gasteiger partial charge on any atom is 0.411 e. The maximum atomic E-state index is 14.6. The molecule has 43 heavy (non-hydrogen) atoms. The summed E-state index contributed by atoms with van der Waals surface area (Å²) in [6.45, 7) is 2.15. The topological polar surface area (TPSA) is 114 Å². The highest BCUT2D eigenvalue weighted by molar-refractivity contribution is 9.10. The van der Waals surface area contributed by atoms with Crippen LogP contribution >= 0.6 is 27.5 Å². The monoisotopic (exact) mass is 669 g/mol. The van der Waals surface area contributed by atoms with Crippen LogP contribution in [0.3, 0.4) is 0 Å². The number of aromatic nitrogens is 2. The number of fused-ring (bicyclic) bond motifs is 7. The summed E-state index contributed by atoms with van der Waals surface area (Å²) in [6, 6.07) is 15.6. The standard InChI is InChI=1S/C31H30BrClFN5O4/c1-17-6-5-8-22(35-15-14-26(40)27-20(32)11-12-21(33)28(27)34)29-19-7-3-4-9-24(19)39(38-29)25-13-10-18(36-31(42)43-2)16-23(25)37-30(17)41/h3-4,7,9-13,16-17,22,35H,5-6,8,14-15H2,1-2H3,(H,36,42)(H,37,41)/t17-,22+/m1/s1. The van der Waals surface area contributed by atoms with Gasteiger partial charge in [0.25, 0.3) is 0 Å². The first kappa shape index (κ1) is 30.7. The molecule has 1 aromatic heterocycles. The molecule has 2 heterocycles. The summed E-state index contributed by atoms with van der Waals surface area (Å²) in [7, 11) is 1.28. The van der Waals surface area contributed by atoms with Gasteiger partial charge in [0.2, 0.25) is 5.91 Å². The van der Waals surface area contributed by atoms with Crippen molar-refractivity contribution < 1.29 is 23.5 Å². The Morgan fingerprint density at radius 2 is 1.98 bits per heavy atom. The summed E-state index contributed by atoms with van der Waals surface area (Å²) in [5.74, 6) is -1.56. The van der Waals surface area contributed by atoms with Crippen LogP contribution < -0.4 is 16.0 Å². The number of ether oxygens (including phenoxy) is 1. The average molecular weight is 671 g/mol. The van der Waals surface area contributed by atoms with Crippen molar-refractivity contribution in [2.45, 2.75) is 38.6 Å². The third-order valence-electron chi connectivity index (χ3n) is 7.50. The number of hydrogen-bond donors (Lipinski definition) is 3. The van der Waals surface area contributed by atoms with E-state index in [0.717, 1.165) is 16.6 Å². The number of ketones is 1. The maximum absolute atomic E-state index is 14.6. The molecule has 5 rings (SSSR count). The number of Topliss-reactive ketones (excluding diaryl/α,β-unsaturated/α-hetero) is 1. The van der Waals surface area contributed by atoms with E-state index in [2.05, 4.69) is 31.9 Å². The zero-order valence-electron chi connectivity index (χ0n) is 23.5. The van der Waals surface area contributed by atoms with Crippen LogP contribution in [0, 0.1) is 11.7 Å². The van der Waals surface area contributed by atoms with Crippen molar-refractivity contribution in [2.24, 2.45) is 5.92 Å². The van der Waals surface area contributed by atoms with Crippen molar-refractivity contribution >= 4 is 67.6 Å². The average Bonchev–Trinajstić information content (AvgIpc) is 3.37. The normalized spacial score (nSPS) is 16.9. The van der Waals surface area contributed by atoms with Gasteiger partial charge < -0.3 is 15.4 Å². The zero-order valence-corrected chi connectivity index (χ0v) is 25.9. The number of carbonyl (C=O) groups excluding carboxylic acids is 3. The summed E-state index contributed by atoms with van der Waals surface area (Å²) in [5, 5.41) is 15.0. The summed E-state index contributed by atoms with van der Waals surface area (Å²) in [6.07, 6.45) is 1.42. The van der Waals surface area contributed by atoms with Gasteiger partial charge in [-0.1, -0.05) is 43.1 Å². The van der Waals surface area contributed by atoms with Crippen molar-refractivity contribution in [3.63, 3.8) is 0 Å². The number of rotatable bonds is 6. The smallest absolute Gasteiger partial charge is 0.411 e. The number of nitrogens with one attached hydrogen (secondary N) is 3. The molecule has 1 aliphatic heterocycles. The van der Waals surface area contributed by atoms with Gasteiger partial charge in [-0.3, -0.25) is 14.9 Å². The van der Waals surface area contributed by atoms with Gasteiger partial charge in [-0.15, -0.1) is 0 Å². The Morgan fingerprint density at radius 1 is 1.19 bits per heavy atom. The van der Waals surface area contributed by atoms with E-state index in [1.165, 1.54) is 13.2 Å². The van der Waals surface area contributed by atoms with Crippen molar-refractivity contribution in [3.05, 3.63) is 81.2 Å². The molecule has 0 aliphatic carbocycles. The SMILES string of the molecule is COC(=O)Nc1ccc2c(c1)NC(=O)[C@H](C)CCC[C@H](NCCC(=O)c1c(Br)ccc(Cl)c1F)c1nn-2c2ccccc12. The lowest BCUT2D eigenvalue weighted by Gasteiger charge is -2.20. The van der Waals surface area contributed by atoms with Crippen LogP contribution in [0.25, 0.3) is 16.6 Å². The molecule has 0 radical (unpaired) electrons. The molecule has 0 saturated carbocycles. The van der Waals surface area contributed by atoms with Crippen molar-refractivity contribution in [1.82, 2.24) is 15.1 Å². The number of nitrogens with zero attached hydrogens (tertiary/aromatic N) is 2. The molecule has 3 aromatic carbocycles. The fourth-order valence-electron chi connectivity index (χ4n) is 5.22. The number of methoxy groups -OCH3 is 1. The Labute approximate surface area is 261 Å². The minimum Gasteiger partial charge on any atom is -0.453 e. The number of anilines is 2. The fraction of sp³-hybridized carbons (Fsp3) is 0.290. The molecule has 3 N–H and O–H groups in total. The van der Waals surface area contributed by atoms with Gasteiger partial charge in [-0.2, -0.15) is 5.10 Å². The Balaban J connectivity index is 1.51. The molecule has 0 fully saturated rings. The lowest BCUT2D eigenvalue weighted by molar-refractivity contribution is -0.119. The van der Waals surface area contributed by atoms with Gasteiger partial charge in [-0.05, 0) is 65.2 Å². The first-order valence-corrected chi connectivity index (χ1v) is 15.0. The highest BCUT2D eigenvalue weighted by Crippen LogP contribution is 2.34. The highest BCUT2D eigenvalue weighted by Gasteiger charge is 2.25. The van der Waals surface area contributed by atoms with Gasteiger partial charge in [0.05, 0.1) is 46.3 Å². The van der Waals surface area contributed by atoms with Crippen LogP contribution in [0.15, 0.2) is 59.1 Å². The molecule has 12 heteroatoms. The predicted molar refractivity (Wildman–Crippen MR) is 168 cm³/mol. The first-order chi connectivity index (χ1) is 20.7. The number of carbonyl (C=O) groups is 3. The molecule has 2 atom stereocenters. The van der Waals surface area contributed by atoms with Gasteiger partial charge >= 0.3 is 6.09 Å². The molecule has 224 valence electrons. The summed E-state index contributed by atoms with van der Waals surface area (Å²) < 4.78 is 21.5. The quantitative estimate of drug-likeness (QED) is 0.145. The molecule has 9 nitrogen and oxygen atoms in total. The van der Waals surface area contributed by atoms with Gasteiger partial charge in [0, 0.05) is 34.4 Å². The van der Waals surface area contributed by atoms with Crippen LogP contribution in [0.1, 0.15) is 54.7 Å². The largest absolute Gasteiger partial charge is 0.453 e. The molecule has 4 aromatic rings. The first-order valence-electron chi connectivity index (χ1n) is 13.9. The Hall–Kier alpha value is -3.80. The number of benzene rings is 3. The minimum absolute atomic E-state index is 0.0443. The molecule has 0 unspecified atom stereocenters. The van der Waals surface area contributed by atoms with E-state index < -0.39 is 11.9 Å². The van der Waals surface area contributed by atoms with E-state index in [0.29, 0.717) is 40.8 Å². The summed E-state index contributed by atoms with van der Waals surface area (Å²) >= 11 is 9.19. The van der Waals surface area contributed by atoms with Crippen LogP contribution in [-0.2, 0) is 9.53 Å². The van der Waals surface area contributed by atoms with Crippen LogP contribution in [0.4, 0.5) is 20.6 Å². The Bertz CT molecular complexity index is 1710. The van der Waals surface area contributed by atoms with E-state index >= 15 is 0 Å². The van der Waals surface area contributed by atoms with E-state index in [9.17, 15) is 18.8 Å². The molecule has 2 amide bonds. The number of para-hydroxylation sites is 1. The van der Waals surface area contributed by atoms with Crippen molar-refractivity contribution in [2.75, 3.05) is 24.3 Å². The van der Waals surface area contributed by atoms with E-state index in [-0.39, 0.29) is 47.2 Å². The summed E-state index contributed by atoms with van der Waals surface area (Å²) in [4.78, 5) is 38.0. The number of hydrogen-bond acceptors (Lipinski definition) is 6. The lowest BCUT2D eigenvalue weighted by atomic mass is 9.97. The van der Waals surface area contributed by atoms with Crippen LogP contribution in [0.2, 0.25) is 5.02 Å². The van der Waals surface area contributed by atoms with Gasteiger partial charge in [0.15, 0.2) is 11.6 Å². The Morgan fingerprint density at radius 3 is 2.77 bits per heavy atom. The molecule has 0 spiro atoms.